The largest absolute Gasteiger partial charge is 0.433 e. The molecule has 1 heterocycles. The molecule has 17 heavy (non-hydrogen) atoms. The van der Waals surface area contributed by atoms with Gasteiger partial charge in [-0.05, 0) is 25.3 Å². The molecule has 1 saturated carbocycles. The molecule has 7 nitrogen and oxygen atoms in total. The van der Waals surface area contributed by atoms with Crippen molar-refractivity contribution in [1.29, 1.82) is 0 Å². The lowest BCUT2D eigenvalue weighted by Crippen LogP contribution is -2.43. The van der Waals surface area contributed by atoms with Gasteiger partial charge in [0.05, 0.1) is 6.07 Å². The number of nitro groups is 1. The van der Waals surface area contributed by atoms with Crippen molar-refractivity contribution in [2.75, 3.05) is 0 Å². The minimum Gasteiger partial charge on any atom is -0.395 e. The van der Waals surface area contributed by atoms with Crippen LogP contribution in [0.4, 0.5) is 5.88 Å². The minimum absolute atomic E-state index is 0.0519. The second-order valence-electron chi connectivity index (χ2n) is 4.07. The van der Waals surface area contributed by atoms with E-state index in [1.165, 1.54) is 6.07 Å². The lowest BCUT2D eigenvalue weighted by atomic mass is 10.2. The summed E-state index contributed by atoms with van der Waals surface area (Å²) in [5, 5.41) is 13.1. The van der Waals surface area contributed by atoms with E-state index in [4.69, 9.17) is 10.2 Å². The minimum atomic E-state index is -0.682. The molecular formula is C10H13N3O4. The van der Waals surface area contributed by atoms with Crippen molar-refractivity contribution in [2.24, 2.45) is 5.73 Å². The highest BCUT2D eigenvalue weighted by Crippen LogP contribution is 2.19. The molecule has 0 bridgehead atoms. The highest BCUT2D eigenvalue weighted by atomic mass is 16.6. The number of carbonyl (C=O) groups excluding carboxylic acids is 1. The van der Waals surface area contributed by atoms with Crippen molar-refractivity contribution >= 4 is 11.8 Å². The molecule has 92 valence electrons. The summed E-state index contributed by atoms with van der Waals surface area (Å²) in [6.45, 7) is 0. The van der Waals surface area contributed by atoms with Gasteiger partial charge in [-0.2, -0.15) is 0 Å². The Bertz CT molecular complexity index is 443. The van der Waals surface area contributed by atoms with Crippen LogP contribution in [0.5, 0.6) is 0 Å². The summed E-state index contributed by atoms with van der Waals surface area (Å²) in [5.74, 6) is -0.956. The topological polar surface area (TPSA) is 111 Å². The van der Waals surface area contributed by atoms with Crippen molar-refractivity contribution < 1.29 is 14.1 Å². The van der Waals surface area contributed by atoms with Crippen LogP contribution in [-0.2, 0) is 0 Å². The zero-order chi connectivity index (χ0) is 12.4. The third-order valence-corrected chi connectivity index (χ3v) is 2.88. The summed E-state index contributed by atoms with van der Waals surface area (Å²) in [6, 6.07) is 2.31. The molecular weight excluding hydrogens is 226 g/mol. The Hall–Kier alpha value is -1.89. The van der Waals surface area contributed by atoms with Crippen LogP contribution < -0.4 is 11.1 Å². The van der Waals surface area contributed by atoms with E-state index in [1.54, 1.807) is 0 Å². The van der Waals surface area contributed by atoms with Gasteiger partial charge in [0.1, 0.15) is 4.92 Å². The van der Waals surface area contributed by atoms with Gasteiger partial charge in [0.2, 0.25) is 0 Å². The fourth-order valence-electron chi connectivity index (χ4n) is 1.96. The zero-order valence-electron chi connectivity index (χ0n) is 9.09. The van der Waals surface area contributed by atoms with Crippen molar-refractivity contribution in [3.63, 3.8) is 0 Å². The van der Waals surface area contributed by atoms with Gasteiger partial charge >= 0.3 is 5.88 Å². The van der Waals surface area contributed by atoms with E-state index in [0.29, 0.717) is 0 Å². The summed E-state index contributed by atoms with van der Waals surface area (Å²) in [6.07, 6.45) is 2.68. The van der Waals surface area contributed by atoms with E-state index >= 15 is 0 Å². The first-order valence-electron chi connectivity index (χ1n) is 5.38. The second-order valence-corrected chi connectivity index (χ2v) is 4.07. The van der Waals surface area contributed by atoms with Crippen LogP contribution in [0.1, 0.15) is 29.8 Å². The summed E-state index contributed by atoms with van der Waals surface area (Å²) in [5.41, 5.74) is 5.81. The Morgan fingerprint density at radius 1 is 1.53 bits per heavy atom. The zero-order valence-corrected chi connectivity index (χ0v) is 9.09. The summed E-state index contributed by atoms with van der Waals surface area (Å²) >= 11 is 0. The highest BCUT2D eigenvalue weighted by molar-refractivity contribution is 5.92. The van der Waals surface area contributed by atoms with Gasteiger partial charge in [-0.15, -0.1) is 0 Å². The van der Waals surface area contributed by atoms with Crippen LogP contribution in [0.25, 0.3) is 0 Å². The molecule has 2 atom stereocenters. The number of carbonyl (C=O) groups is 1. The van der Waals surface area contributed by atoms with E-state index in [0.717, 1.165) is 25.3 Å². The van der Waals surface area contributed by atoms with Crippen LogP contribution >= 0.6 is 0 Å². The van der Waals surface area contributed by atoms with Crippen molar-refractivity contribution in [3.8, 4) is 0 Å². The predicted octanol–water partition coefficient (Wildman–Crippen LogP) is 0.797. The van der Waals surface area contributed by atoms with E-state index in [1.807, 2.05) is 0 Å². The molecule has 0 aliphatic heterocycles. The van der Waals surface area contributed by atoms with Gasteiger partial charge in [0.15, 0.2) is 5.76 Å². The number of furan rings is 1. The average Bonchev–Trinajstić information content (AvgIpc) is 2.88. The second kappa shape index (κ2) is 4.54. The van der Waals surface area contributed by atoms with E-state index in [-0.39, 0.29) is 17.8 Å². The number of hydrogen-bond acceptors (Lipinski definition) is 5. The van der Waals surface area contributed by atoms with E-state index < -0.39 is 16.7 Å². The molecule has 0 spiro atoms. The molecule has 0 aromatic carbocycles. The number of hydrogen-bond donors (Lipinski definition) is 2. The summed E-state index contributed by atoms with van der Waals surface area (Å²) in [7, 11) is 0. The molecule has 3 N–H and O–H groups in total. The van der Waals surface area contributed by atoms with Crippen molar-refractivity contribution in [2.45, 2.75) is 31.3 Å². The molecule has 1 amide bonds. The van der Waals surface area contributed by atoms with Gasteiger partial charge in [0.25, 0.3) is 5.91 Å². The molecule has 0 saturated heterocycles. The fourth-order valence-corrected chi connectivity index (χ4v) is 1.96. The van der Waals surface area contributed by atoms with Crippen LogP contribution in [0, 0.1) is 10.1 Å². The molecule has 2 unspecified atom stereocenters. The van der Waals surface area contributed by atoms with Gasteiger partial charge in [-0.1, -0.05) is 0 Å². The molecule has 7 heteroatoms. The van der Waals surface area contributed by atoms with Crippen molar-refractivity contribution in [1.82, 2.24) is 5.32 Å². The van der Waals surface area contributed by atoms with Gasteiger partial charge < -0.3 is 15.5 Å². The molecule has 2 rings (SSSR count). The predicted molar refractivity (Wildman–Crippen MR) is 58.4 cm³/mol. The lowest BCUT2D eigenvalue weighted by molar-refractivity contribution is -0.402. The Morgan fingerprint density at radius 3 is 2.82 bits per heavy atom. The van der Waals surface area contributed by atoms with Gasteiger partial charge in [-0.3, -0.25) is 14.9 Å². The van der Waals surface area contributed by atoms with E-state index in [2.05, 4.69) is 5.32 Å². The number of nitrogens with one attached hydrogen (secondary N) is 1. The average molecular weight is 239 g/mol. The fraction of sp³-hybridized carbons (Fsp3) is 0.500. The highest BCUT2D eigenvalue weighted by Gasteiger charge is 2.27. The monoisotopic (exact) mass is 239 g/mol. The van der Waals surface area contributed by atoms with E-state index in [9.17, 15) is 14.9 Å². The quantitative estimate of drug-likeness (QED) is 0.598. The smallest absolute Gasteiger partial charge is 0.395 e. The first-order chi connectivity index (χ1) is 8.08. The van der Waals surface area contributed by atoms with Crippen molar-refractivity contribution in [3.05, 3.63) is 28.0 Å². The lowest BCUT2D eigenvalue weighted by Gasteiger charge is -2.15. The van der Waals surface area contributed by atoms with Gasteiger partial charge in [-0.25, -0.2) is 0 Å². The van der Waals surface area contributed by atoms with Crippen LogP contribution in [-0.4, -0.2) is 22.9 Å². The number of amides is 1. The summed E-state index contributed by atoms with van der Waals surface area (Å²) in [4.78, 5) is 21.4. The molecule has 1 aromatic heterocycles. The van der Waals surface area contributed by atoms with Crippen LogP contribution in [0.15, 0.2) is 16.5 Å². The SMILES string of the molecule is NC1CCCC1NC(=O)c1ccc([N+](=O)[O-])o1. The maximum Gasteiger partial charge on any atom is 0.433 e. The Morgan fingerprint density at radius 2 is 2.29 bits per heavy atom. The molecule has 1 fully saturated rings. The third-order valence-electron chi connectivity index (χ3n) is 2.88. The maximum atomic E-state index is 11.7. The number of rotatable bonds is 3. The van der Waals surface area contributed by atoms with Crippen LogP contribution in [0.3, 0.4) is 0 Å². The molecule has 1 aromatic rings. The number of nitrogens with zero attached hydrogens (tertiary/aromatic N) is 1. The molecule has 1 aliphatic rings. The number of nitrogens with two attached hydrogens (primary N) is 1. The Labute approximate surface area is 97.1 Å². The molecule has 0 radical (unpaired) electrons. The first-order valence-corrected chi connectivity index (χ1v) is 5.38. The first kappa shape index (κ1) is 11.6. The molecule has 1 aliphatic carbocycles. The third kappa shape index (κ3) is 2.44. The normalized spacial score (nSPS) is 23.6. The Balaban J connectivity index is 2.01. The maximum absolute atomic E-state index is 11.7. The standard InChI is InChI=1S/C10H13N3O4/c11-6-2-1-3-7(6)12-10(14)8-4-5-9(17-8)13(15)16/h4-7H,1-3,11H2,(H,12,14). The van der Waals surface area contributed by atoms with Crippen LogP contribution in [0.2, 0.25) is 0 Å². The van der Waals surface area contributed by atoms with Gasteiger partial charge in [0, 0.05) is 12.1 Å². The summed E-state index contributed by atoms with van der Waals surface area (Å²) < 4.78 is 4.80. The Kier molecular flexibility index (Phi) is 3.10.